The lowest BCUT2D eigenvalue weighted by atomic mass is 10.0. The summed E-state index contributed by atoms with van der Waals surface area (Å²) in [7, 11) is 0. The van der Waals surface area contributed by atoms with Crippen molar-refractivity contribution in [2.75, 3.05) is 6.61 Å². The zero-order valence-corrected chi connectivity index (χ0v) is 11.1. The zero-order chi connectivity index (χ0) is 14.9. The van der Waals surface area contributed by atoms with E-state index < -0.39 is 11.5 Å². The third-order valence-corrected chi connectivity index (χ3v) is 2.80. The van der Waals surface area contributed by atoms with Gasteiger partial charge in [0.05, 0.1) is 0 Å². The Bertz CT molecular complexity index is 760. The highest BCUT2D eigenvalue weighted by molar-refractivity contribution is 6.07. The van der Waals surface area contributed by atoms with Crippen LogP contribution in [0, 0.1) is 6.92 Å². The quantitative estimate of drug-likeness (QED) is 0.666. The normalized spacial score (nSPS) is 10.5. The van der Waals surface area contributed by atoms with Crippen molar-refractivity contribution >= 4 is 22.7 Å². The van der Waals surface area contributed by atoms with Gasteiger partial charge in [0.25, 0.3) is 5.91 Å². The summed E-state index contributed by atoms with van der Waals surface area (Å²) >= 11 is 0. The van der Waals surface area contributed by atoms with Crippen LogP contribution in [-0.4, -0.2) is 18.3 Å². The molecule has 0 unspecified atom stereocenters. The molecule has 6 heteroatoms. The second-order valence-electron chi connectivity index (χ2n) is 4.38. The molecule has 0 saturated heterocycles. The second kappa shape index (κ2) is 5.16. The first-order valence-electron chi connectivity index (χ1n) is 5.89. The van der Waals surface area contributed by atoms with Crippen molar-refractivity contribution in [1.29, 1.82) is 0 Å². The van der Waals surface area contributed by atoms with Crippen LogP contribution in [0.25, 0.3) is 11.0 Å². The fourth-order valence-electron chi connectivity index (χ4n) is 1.97. The number of fused-ring (bicyclic) bond motifs is 1. The maximum Gasteiger partial charge on any atom is 0.336 e. The van der Waals surface area contributed by atoms with E-state index in [0.717, 1.165) is 0 Å². The Morgan fingerprint density at radius 2 is 2.05 bits per heavy atom. The first-order chi connectivity index (χ1) is 9.40. The number of rotatable bonds is 4. The molecular weight excluding hydrogens is 262 g/mol. The standard InChI is InChI=1S/C14H13NO5/c1-7-5-12(18)20-14-9(7)3-4-10(13(14)8(2)16)19-6-11(15)17/h3-5H,6H2,1-2H3,(H2,15,17). The molecule has 0 aliphatic carbocycles. The highest BCUT2D eigenvalue weighted by atomic mass is 16.5. The average Bonchev–Trinajstić information content (AvgIpc) is 2.34. The molecule has 0 spiro atoms. The molecule has 2 aromatic rings. The number of hydrogen-bond acceptors (Lipinski definition) is 5. The summed E-state index contributed by atoms with van der Waals surface area (Å²) in [6.07, 6.45) is 0. The SMILES string of the molecule is CC(=O)c1c(OCC(N)=O)ccc2c(C)cc(=O)oc12. The number of primary amides is 1. The molecule has 0 bridgehead atoms. The number of nitrogens with two attached hydrogens (primary N) is 1. The Hall–Kier alpha value is -2.63. The van der Waals surface area contributed by atoms with Crippen LogP contribution in [0.2, 0.25) is 0 Å². The third-order valence-electron chi connectivity index (χ3n) is 2.80. The summed E-state index contributed by atoms with van der Waals surface area (Å²) in [6.45, 7) is 2.71. The molecule has 0 atom stereocenters. The van der Waals surface area contributed by atoms with Gasteiger partial charge in [0, 0.05) is 11.5 Å². The van der Waals surface area contributed by atoms with Gasteiger partial charge in [-0.15, -0.1) is 0 Å². The van der Waals surface area contributed by atoms with E-state index in [0.29, 0.717) is 10.9 Å². The van der Waals surface area contributed by atoms with Gasteiger partial charge >= 0.3 is 5.63 Å². The molecule has 0 saturated carbocycles. The van der Waals surface area contributed by atoms with E-state index in [-0.39, 0.29) is 29.3 Å². The Morgan fingerprint density at radius 3 is 2.65 bits per heavy atom. The summed E-state index contributed by atoms with van der Waals surface area (Å²) < 4.78 is 10.3. The maximum absolute atomic E-state index is 11.8. The van der Waals surface area contributed by atoms with E-state index in [4.69, 9.17) is 14.9 Å². The van der Waals surface area contributed by atoms with Crippen LogP contribution in [0.15, 0.2) is 27.4 Å². The molecule has 0 aliphatic rings. The molecule has 6 nitrogen and oxygen atoms in total. The Kier molecular flexibility index (Phi) is 3.56. The zero-order valence-electron chi connectivity index (χ0n) is 11.1. The molecule has 20 heavy (non-hydrogen) atoms. The Labute approximate surface area is 114 Å². The van der Waals surface area contributed by atoms with Gasteiger partial charge in [0.15, 0.2) is 18.0 Å². The second-order valence-corrected chi connectivity index (χ2v) is 4.38. The van der Waals surface area contributed by atoms with Gasteiger partial charge in [0.1, 0.15) is 11.3 Å². The largest absolute Gasteiger partial charge is 0.483 e. The van der Waals surface area contributed by atoms with Crippen molar-refractivity contribution in [2.24, 2.45) is 5.73 Å². The minimum absolute atomic E-state index is 0.129. The molecular formula is C14H13NO5. The van der Waals surface area contributed by atoms with Crippen molar-refractivity contribution in [3.05, 3.63) is 39.7 Å². The first-order valence-corrected chi connectivity index (χ1v) is 5.89. The lowest BCUT2D eigenvalue weighted by molar-refractivity contribution is -0.119. The number of ether oxygens (including phenoxy) is 1. The number of hydrogen-bond donors (Lipinski definition) is 1. The van der Waals surface area contributed by atoms with Crippen LogP contribution in [-0.2, 0) is 4.79 Å². The van der Waals surface area contributed by atoms with Crippen LogP contribution in [0.1, 0.15) is 22.8 Å². The monoisotopic (exact) mass is 275 g/mol. The first kappa shape index (κ1) is 13.8. The lowest BCUT2D eigenvalue weighted by Gasteiger charge is -2.11. The summed E-state index contributed by atoms with van der Waals surface area (Å²) in [5.41, 5.74) is 5.43. The van der Waals surface area contributed by atoms with E-state index in [1.54, 1.807) is 19.1 Å². The van der Waals surface area contributed by atoms with Gasteiger partial charge < -0.3 is 14.9 Å². The number of carbonyl (C=O) groups excluding carboxylic acids is 2. The van der Waals surface area contributed by atoms with Crippen LogP contribution < -0.4 is 16.1 Å². The van der Waals surface area contributed by atoms with Crippen molar-refractivity contribution in [3.63, 3.8) is 0 Å². The van der Waals surface area contributed by atoms with Crippen LogP contribution >= 0.6 is 0 Å². The van der Waals surface area contributed by atoms with Crippen molar-refractivity contribution in [1.82, 2.24) is 0 Å². The number of carbonyl (C=O) groups is 2. The molecule has 0 aliphatic heterocycles. The number of aryl methyl sites for hydroxylation is 1. The number of Topliss-reactive ketones (excluding diaryl/α,β-unsaturated/α-hetero) is 1. The topological polar surface area (TPSA) is 99.6 Å². The van der Waals surface area contributed by atoms with Crippen LogP contribution in [0.4, 0.5) is 0 Å². The van der Waals surface area contributed by atoms with E-state index in [1.807, 2.05) is 0 Å². The molecule has 1 aromatic heterocycles. The van der Waals surface area contributed by atoms with E-state index in [9.17, 15) is 14.4 Å². The molecule has 1 amide bonds. The Morgan fingerprint density at radius 1 is 1.35 bits per heavy atom. The molecule has 1 heterocycles. The van der Waals surface area contributed by atoms with Gasteiger partial charge in [-0.05, 0) is 31.5 Å². The lowest BCUT2D eigenvalue weighted by Crippen LogP contribution is -2.20. The van der Waals surface area contributed by atoms with E-state index >= 15 is 0 Å². The van der Waals surface area contributed by atoms with Crippen LogP contribution in [0.5, 0.6) is 5.75 Å². The van der Waals surface area contributed by atoms with Gasteiger partial charge in [0.2, 0.25) is 0 Å². The molecule has 1 aromatic carbocycles. The maximum atomic E-state index is 11.8. The van der Waals surface area contributed by atoms with E-state index in [1.165, 1.54) is 13.0 Å². The third kappa shape index (κ3) is 2.54. The molecule has 0 radical (unpaired) electrons. The van der Waals surface area contributed by atoms with E-state index in [2.05, 4.69) is 0 Å². The average molecular weight is 275 g/mol. The number of ketones is 1. The van der Waals surface area contributed by atoms with Gasteiger partial charge in [-0.3, -0.25) is 9.59 Å². The summed E-state index contributed by atoms with van der Waals surface area (Å²) in [5.74, 6) is -0.827. The summed E-state index contributed by atoms with van der Waals surface area (Å²) in [6, 6.07) is 4.56. The predicted molar refractivity (Wildman–Crippen MR) is 71.9 cm³/mol. The molecule has 2 N–H and O–H groups in total. The fourth-order valence-corrected chi connectivity index (χ4v) is 1.97. The van der Waals surface area contributed by atoms with Crippen LogP contribution in [0.3, 0.4) is 0 Å². The highest BCUT2D eigenvalue weighted by Crippen LogP contribution is 2.29. The number of benzene rings is 1. The smallest absolute Gasteiger partial charge is 0.336 e. The minimum Gasteiger partial charge on any atom is -0.483 e. The molecule has 0 fully saturated rings. The fraction of sp³-hybridized carbons (Fsp3) is 0.214. The van der Waals surface area contributed by atoms with Gasteiger partial charge in [-0.25, -0.2) is 4.79 Å². The molecule has 104 valence electrons. The number of amides is 1. The van der Waals surface area contributed by atoms with Crippen molar-refractivity contribution < 1.29 is 18.7 Å². The highest BCUT2D eigenvalue weighted by Gasteiger charge is 2.17. The van der Waals surface area contributed by atoms with Gasteiger partial charge in [-0.1, -0.05) is 0 Å². The minimum atomic E-state index is -0.662. The van der Waals surface area contributed by atoms with Crippen molar-refractivity contribution in [3.8, 4) is 5.75 Å². The predicted octanol–water partition coefficient (Wildman–Crippen LogP) is 1.17. The van der Waals surface area contributed by atoms with Crippen molar-refractivity contribution in [2.45, 2.75) is 13.8 Å². The summed E-state index contributed by atoms with van der Waals surface area (Å²) in [4.78, 5) is 34.0. The Balaban J connectivity index is 2.71. The van der Waals surface area contributed by atoms with Gasteiger partial charge in [-0.2, -0.15) is 0 Å². The molecule has 2 rings (SSSR count). The summed E-state index contributed by atoms with van der Waals surface area (Å²) in [5, 5.41) is 0.640.